The maximum absolute atomic E-state index is 12.8. The van der Waals surface area contributed by atoms with Crippen LogP contribution in [-0.4, -0.2) is 22.9 Å². The van der Waals surface area contributed by atoms with Crippen LogP contribution < -0.4 is 9.47 Å². The number of Topliss-reactive ketones (excluding diaryl/α,β-unsaturated/α-hetero) is 1. The highest BCUT2D eigenvalue weighted by atomic mass is 32.2. The third-order valence-corrected chi connectivity index (χ3v) is 6.48. The molecule has 1 saturated heterocycles. The smallest absolute Gasteiger partial charge is 0.186 e. The zero-order valence-electron chi connectivity index (χ0n) is 16.5. The van der Waals surface area contributed by atoms with Gasteiger partial charge in [-0.15, -0.1) is 11.3 Å². The number of thioether (sulfide) groups is 1. The molecule has 0 radical (unpaired) electrons. The Morgan fingerprint density at radius 2 is 2.07 bits per heavy atom. The van der Waals surface area contributed by atoms with Gasteiger partial charge in [0.1, 0.15) is 17.5 Å². The highest BCUT2D eigenvalue weighted by Gasteiger charge is 2.38. The molecular weight excluding hydrogens is 416 g/mol. The minimum Gasteiger partial charge on any atom is -0.493 e. The maximum atomic E-state index is 12.8. The molecule has 2 heterocycles. The second-order valence-corrected chi connectivity index (χ2v) is 8.84. The summed E-state index contributed by atoms with van der Waals surface area (Å²) in [5.74, 6) is 0.567. The molecule has 30 heavy (non-hydrogen) atoms. The molecular formula is C23H20N2O3S2. The number of aryl methyl sites for hydroxylation is 1. The van der Waals surface area contributed by atoms with Gasteiger partial charge in [0.05, 0.1) is 17.1 Å². The van der Waals surface area contributed by atoms with Crippen molar-refractivity contribution in [1.82, 2.24) is 4.98 Å². The second kappa shape index (κ2) is 8.85. The minimum absolute atomic E-state index is 0.0845. The average Bonchev–Trinajstić information content (AvgIpc) is 3.35. The number of hydrogen-bond acceptors (Lipinski definition) is 7. The van der Waals surface area contributed by atoms with Gasteiger partial charge in [0.25, 0.3) is 0 Å². The molecule has 152 valence electrons. The number of allylic oxidation sites excluding steroid dienone is 1. The van der Waals surface area contributed by atoms with E-state index in [0.717, 1.165) is 11.1 Å². The Balaban J connectivity index is 1.53. The van der Waals surface area contributed by atoms with Crippen LogP contribution in [0.1, 0.15) is 27.6 Å². The van der Waals surface area contributed by atoms with Gasteiger partial charge in [-0.3, -0.25) is 10.2 Å². The second-order valence-electron chi connectivity index (χ2n) is 6.83. The van der Waals surface area contributed by atoms with E-state index in [2.05, 4.69) is 11.1 Å². The van der Waals surface area contributed by atoms with Crippen LogP contribution >= 0.6 is 23.1 Å². The molecule has 1 fully saturated rings. The van der Waals surface area contributed by atoms with E-state index in [1.54, 1.807) is 19.4 Å². The van der Waals surface area contributed by atoms with E-state index in [-0.39, 0.29) is 5.78 Å². The number of nitrogens with one attached hydrogen (secondary N) is 1. The molecule has 0 bridgehead atoms. The molecule has 4 rings (SSSR count). The van der Waals surface area contributed by atoms with Crippen LogP contribution in [0.4, 0.5) is 0 Å². The molecule has 1 N–H and O–H groups in total. The molecule has 5 nitrogen and oxygen atoms in total. The van der Waals surface area contributed by atoms with Gasteiger partial charge in [0.15, 0.2) is 17.3 Å². The number of methoxy groups -OCH3 is 1. The summed E-state index contributed by atoms with van der Waals surface area (Å²) in [6, 6.07) is 13.7. The van der Waals surface area contributed by atoms with Gasteiger partial charge in [-0.1, -0.05) is 47.7 Å². The predicted molar refractivity (Wildman–Crippen MR) is 122 cm³/mol. The van der Waals surface area contributed by atoms with E-state index >= 15 is 0 Å². The summed E-state index contributed by atoms with van der Waals surface area (Å²) in [5, 5.41) is 11.0. The van der Waals surface area contributed by atoms with Crippen molar-refractivity contribution in [3.05, 3.63) is 80.6 Å². The fourth-order valence-electron chi connectivity index (χ4n) is 3.20. The molecule has 0 saturated carbocycles. The summed E-state index contributed by atoms with van der Waals surface area (Å²) in [6.07, 6.45) is 3.45. The molecule has 7 heteroatoms. The molecule has 0 aliphatic carbocycles. The summed E-state index contributed by atoms with van der Waals surface area (Å²) in [6.45, 7) is 2.49. The van der Waals surface area contributed by atoms with E-state index in [4.69, 9.17) is 14.9 Å². The van der Waals surface area contributed by atoms with Crippen LogP contribution in [0.3, 0.4) is 0 Å². The van der Waals surface area contributed by atoms with E-state index in [1.807, 2.05) is 48.7 Å². The molecule has 2 aromatic carbocycles. The highest BCUT2D eigenvalue weighted by molar-refractivity contribution is 8.19. The van der Waals surface area contributed by atoms with E-state index in [1.165, 1.54) is 28.7 Å². The van der Waals surface area contributed by atoms with Crippen LogP contribution in [0.25, 0.3) is 6.08 Å². The van der Waals surface area contributed by atoms with E-state index in [0.29, 0.717) is 33.1 Å². The Labute approximate surface area is 183 Å². The average molecular weight is 437 g/mol. The number of aromatic nitrogens is 1. The fourth-order valence-corrected chi connectivity index (χ4v) is 5.00. The van der Waals surface area contributed by atoms with Gasteiger partial charge < -0.3 is 9.47 Å². The van der Waals surface area contributed by atoms with Gasteiger partial charge in [0.2, 0.25) is 0 Å². The summed E-state index contributed by atoms with van der Waals surface area (Å²) in [7, 11) is 1.59. The van der Waals surface area contributed by atoms with Crippen molar-refractivity contribution in [1.29, 1.82) is 5.41 Å². The molecule has 1 aliphatic heterocycles. The number of hydrogen-bond donors (Lipinski definition) is 1. The van der Waals surface area contributed by atoms with Crippen LogP contribution in [-0.2, 0) is 11.4 Å². The van der Waals surface area contributed by atoms with Crippen molar-refractivity contribution >= 4 is 40.0 Å². The Hall–Kier alpha value is -2.90. The summed E-state index contributed by atoms with van der Waals surface area (Å²) in [4.78, 5) is 17.6. The lowest BCUT2D eigenvalue weighted by molar-refractivity contribution is -0.114. The first-order valence-corrected chi connectivity index (χ1v) is 11.0. The number of carbonyl (C=O) groups is 1. The van der Waals surface area contributed by atoms with E-state index < -0.39 is 5.92 Å². The molecule has 1 aliphatic rings. The van der Waals surface area contributed by atoms with Gasteiger partial charge in [0, 0.05) is 11.6 Å². The Kier molecular flexibility index (Phi) is 6.01. The molecule has 0 unspecified atom stereocenters. The van der Waals surface area contributed by atoms with Crippen molar-refractivity contribution in [3.8, 4) is 11.5 Å². The van der Waals surface area contributed by atoms with Gasteiger partial charge in [-0.05, 0) is 36.3 Å². The first-order valence-electron chi connectivity index (χ1n) is 9.33. The third kappa shape index (κ3) is 4.32. The molecule has 0 amide bonds. The van der Waals surface area contributed by atoms with Gasteiger partial charge >= 0.3 is 0 Å². The first-order chi connectivity index (χ1) is 14.5. The number of nitrogens with zero attached hydrogens (tertiary/aromatic N) is 1. The normalized spacial score (nSPS) is 17.5. The zero-order valence-corrected chi connectivity index (χ0v) is 18.2. The van der Waals surface area contributed by atoms with Crippen molar-refractivity contribution in [2.75, 3.05) is 7.11 Å². The fraction of sp³-hybridized carbons (Fsp3) is 0.174. The van der Waals surface area contributed by atoms with Gasteiger partial charge in [-0.2, -0.15) is 0 Å². The first kappa shape index (κ1) is 20.4. The largest absolute Gasteiger partial charge is 0.493 e. The quantitative estimate of drug-likeness (QED) is 0.520. The summed E-state index contributed by atoms with van der Waals surface area (Å²) >= 11 is 2.59. The molecule has 3 aromatic rings. The van der Waals surface area contributed by atoms with Crippen molar-refractivity contribution in [2.24, 2.45) is 0 Å². The number of thiazole rings is 1. The van der Waals surface area contributed by atoms with Crippen LogP contribution in [0, 0.1) is 12.3 Å². The standard InChI is InChI=1S/C23H20N2O3S2/c1-14-4-3-5-16(10-14)13-28-17-7-6-15(11-18(17)27-2)12-19-21(26)20(22(24)30-19)23-25-8-9-29-23/h3-12,20,24H,13H2,1-2H3/b19-12-,24-22?/t20-/m1/s1. The molecule has 1 atom stereocenters. The number of ether oxygens (including phenoxy) is 2. The number of ketones is 1. The van der Waals surface area contributed by atoms with Crippen molar-refractivity contribution in [2.45, 2.75) is 19.4 Å². The van der Waals surface area contributed by atoms with Gasteiger partial charge in [-0.25, -0.2) is 4.98 Å². The zero-order chi connectivity index (χ0) is 21.1. The predicted octanol–water partition coefficient (Wildman–Crippen LogP) is 5.46. The molecule has 1 aromatic heterocycles. The Morgan fingerprint density at radius 3 is 2.80 bits per heavy atom. The lowest BCUT2D eigenvalue weighted by atomic mass is 10.0. The maximum Gasteiger partial charge on any atom is 0.186 e. The summed E-state index contributed by atoms with van der Waals surface area (Å²) < 4.78 is 11.4. The minimum atomic E-state index is -0.583. The lowest BCUT2D eigenvalue weighted by Gasteiger charge is -2.12. The molecule has 0 spiro atoms. The van der Waals surface area contributed by atoms with E-state index in [9.17, 15) is 4.79 Å². The Morgan fingerprint density at radius 1 is 1.20 bits per heavy atom. The van der Waals surface area contributed by atoms with Crippen molar-refractivity contribution < 1.29 is 14.3 Å². The van der Waals surface area contributed by atoms with Crippen LogP contribution in [0.5, 0.6) is 11.5 Å². The monoisotopic (exact) mass is 436 g/mol. The SMILES string of the molecule is COc1cc(/C=C2\SC(=N)[C@H](c3nccs3)C2=O)ccc1OCc1cccc(C)c1. The number of rotatable bonds is 6. The highest BCUT2D eigenvalue weighted by Crippen LogP contribution is 2.41. The van der Waals surface area contributed by atoms with Crippen LogP contribution in [0.15, 0.2) is 58.9 Å². The number of benzene rings is 2. The third-order valence-electron chi connectivity index (χ3n) is 4.65. The lowest BCUT2D eigenvalue weighted by Crippen LogP contribution is -2.11. The van der Waals surface area contributed by atoms with Crippen LogP contribution in [0.2, 0.25) is 0 Å². The number of carbonyl (C=O) groups excluding carboxylic acids is 1. The topological polar surface area (TPSA) is 72.3 Å². The van der Waals surface area contributed by atoms with Crippen molar-refractivity contribution in [3.63, 3.8) is 0 Å². The summed E-state index contributed by atoms with van der Waals surface area (Å²) in [5.41, 5.74) is 3.09. The Bertz CT molecular complexity index is 1120.